The van der Waals surface area contributed by atoms with E-state index in [2.05, 4.69) is 14.8 Å². The Labute approximate surface area is 182 Å². The average Bonchev–Trinajstić information content (AvgIpc) is 3.62. The molecule has 2 aliphatic rings. The Morgan fingerprint density at radius 2 is 2.14 bits per heavy atom. The molecular weight excluding hydrogens is 426 g/mol. The molecule has 0 radical (unpaired) electrons. The van der Waals surface area contributed by atoms with Crippen molar-refractivity contribution in [1.29, 1.82) is 0 Å². The molecule has 6 nitrogen and oxygen atoms in total. The van der Waals surface area contributed by atoms with Gasteiger partial charge >= 0.3 is 0 Å². The number of carbonyl (C=O) groups excluding carboxylic acids is 1. The van der Waals surface area contributed by atoms with Crippen LogP contribution in [-0.4, -0.2) is 25.7 Å². The molecule has 0 unspecified atom stereocenters. The molecule has 1 amide bonds. The minimum atomic E-state index is -0.0941. The van der Waals surface area contributed by atoms with Gasteiger partial charge in [-0.3, -0.25) is 9.69 Å². The Morgan fingerprint density at radius 3 is 2.83 bits per heavy atom. The molecule has 150 valence electrons. The van der Waals surface area contributed by atoms with Crippen molar-refractivity contribution in [3.63, 3.8) is 0 Å². The van der Waals surface area contributed by atoms with Crippen LogP contribution in [0.25, 0.3) is 0 Å². The van der Waals surface area contributed by atoms with Crippen LogP contribution >= 0.6 is 34.7 Å². The highest BCUT2D eigenvalue weighted by Crippen LogP contribution is 2.46. The highest BCUT2D eigenvalue weighted by molar-refractivity contribution is 7.98. The molecule has 0 N–H and O–H groups in total. The van der Waals surface area contributed by atoms with E-state index < -0.39 is 0 Å². The number of anilines is 2. The van der Waals surface area contributed by atoms with Gasteiger partial charge < -0.3 is 4.57 Å². The highest BCUT2D eigenvalue weighted by atomic mass is 35.5. The lowest BCUT2D eigenvalue weighted by Gasteiger charge is -2.18. The van der Waals surface area contributed by atoms with Crippen LogP contribution in [0.5, 0.6) is 0 Å². The van der Waals surface area contributed by atoms with Gasteiger partial charge in [0.25, 0.3) is 0 Å². The number of thioether (sulfide) groups is 1. The SMILES string of the molecule is CC(=O)N(c1cccc(Cl)c1)c1nc(CSc2nnc(C3CC3)n2C2CC2)cs1. The summed E-state index contributed by atoms with van der Waals surface area (Å²) in [6, 6.07) is 7.83. The summed E-state index contributed by atoms with van der Waals surface area (Å²) in [5.74, 6) is 2.37. The van der Waals surface area contributed by atoms with Crippen LogP contribution in [0.4, 0.5) is 10.8 Å². The molecule has 0 atom stereocenters. The zero-order valence-corrected chi connectivity index (χ0v) is 18.3. The Bertz CT molecular complexity index is 1060. The number of hydrogen-bond acceptors (Lipinski definition) is 6. The molecule has 0 bridgehead atoms. The number of nitrogens with zero attached hydrogens (tertiary/aromatic N) is 5. The van der Waals surface area contributed by atoms with E-state index in [0.717, 1.165) is 22.4 Å². The normalized spacial score (nSPS) is 16.2. The van der Waals surface area contributed by atoms with E-state index in [1.54, 1.807) is 28.8 Å². The number of benzene rings is 1. The quantitative estimate of drug-likeness (QED) is 0.444. The Kier molecular flexibility index (Phi) is 5.09. The topological polar surface area (TPSA) is 63.9 Å². The second kappa shape index (κ2) is 7.74. The molecule has 2 saturated carbocycles. The van der Waals surface area contributed by atoms with Crippen molar-refractivity contribution in [2.24, 2.45) is 0 Å². The molecule has 0 spiro atoms. The first-order valence-corrected chi connectivity index (χ1v) is 11.9. The van der Waals surface area contributed by atoms with Crippen molar-refractivity contribution in [1.82, 2.24) is 19.7 Å². The second-order valence-corrected chi connectivity index (χ2v) is 9.68. The summed E-state index contributed by atoms with van der Waals surface area (Å²) in [6.07, 6.45) is 4.91. The zero-order valence-electron chi connectivity index (χ0n) is 15.9. The van der Waals surface area contributed by atoms with Crippen LogP contribution in [-0.2, 0) is 10.5 Å². The Hall–Kier alpha value is -1.90. The smallest absolute Gasteiger partial charge is 0.230 e. The van der Waals surface area contributed by atoms with Crippen molar-refractivity contribution >= 4 is 51.4 Å². The number of thiazole rings is 1. The van der Waals surface area contributed by atoms with Gasteiger partial charge in [-0.15, -0.1) is 21.5 Å². The average molecular weight is 446 g/mol. The third-order valence-corrected chi connectivity index (χ3v) is 7.09. The second-order valence-electron chi connectivity index (χ2n) is 7.46. The van der Waals surface area contributed by atoms with E-state index in [9.17, 15) is 4.79 Å². The van der Waals surface area contributed by atoms with Crippen LogP contribution in [0.3, 0.4) is 0 Å². The zero-order chi connectivity index (χ0) is 20.0. The lowest BCUT2D eigenvalue weighted by molar-refractivity contribution is -0.115. The summed E-state index contributed by atoms with van der Waals surface area (Å²) < 4.78 is 2.35. The minimum absolute atomic E-state index is 0.0941. The number of hydrogen-bond donors (Lipinski definition) is 0. The van der Waals surface area contributed by atoms with Crippen LogP contribution in [0.1, 0.15) is 56.1 Å². The number of aromatic nitrogens is 4. The number of amides is 1. The van der Waals surface area contributed by atoms with E-state index in [1.807, 2.05) is 17.5 Å². The molecule has 2 fully saturated rings. The lowest BCUT2D eigenvalue weighted by atomic mass is 10.3. The third kappa shape index (κ3) is 4.06. The first-order chi connectivity index (χ1) is 14.1. The molecule has 3 aromatic rings. The number of rotatable bonds is 7. The molecule has 29 heavy (non-hydrogen) atoms. The molecule has 1 aromatic carbocycles. The monoisotopic (exact) mass is 445 g/mol. The fourth-order valence-corrected chi connectivity index (χ4v) is 5.41. The maximum absolute atomic E-state index is 12.3. The van der Waals surface area contributed by atoms with Crippen molar-refractivity contribution in [3.05, 3.63) is 46.2 Å². The van der Waals surface area contributed by atoms with Crippen LogP contribution < -0.4 is 4.90 Å². The van der Waals surface area contributed by atoms with Gasteiger partial charge in [-0.25, -0.2) is 4.98 Å². The molecule has 2 heterocycles. The molecule has 2 aliphatic carbocycles. The molecule has 5 rings (SSSR count). The maximum atomic E-state index is 12.3. The van der Waals surface area contributed by atoms with Gasteiger partial charge in [-0.2, -0.15) is 0 Å². The summed E-state index contributed by atoms with van der Waals surface area (Å²) in [6.45, 7) is 1.54. The van der Waals surface area contributed by atoms with Crippen LogP contribution in [0.2, 0.25) is 5.02 Å². The first kappa shape index (κ1) is 19.1. The molecular formula is C20H20ClN5OS2. The lowest BCUT2D eigenvalue weighted by Crippen LogP contribution is -2.22. The summed E-state index contributed by atoms with van der Waals surface area (Å²) in [4.78, 5) is 18.6. The van der Waals surface area contributed by atoms with Gasteiger partial charge in [0.1, 0.15) is 5.82 Å². The van der Waals surface area contributed by atoms with Gasteiger partial charge in [0.15, 0.2) is 10.3 Å². The van der Waals surface area contributed by atoms with E-state index in [0.29, 0.717) is 27.9 Å². The predicted octanol–water partition coefficient (Wildman–Crippen LogP) is 5.58. The summed E-state index contributed by atoms with van der Waals surface area (Å²) >= 11 is 9.24. The van der Waals surface area contributed by atoms with Gasteiger partial charge in [-0.05, 0) is 43.9 Å². The number of carbonyl (C=O) groups is 1. The van der Waals surface area contributed by atoms with Crippen molar-refractivity contribution in [2.45, 2.75) is 55.5 Å². The number of halogens is 1. The van der Waals surface area contributed by atoms with Crippen LogP contribution in [0, 0.1) is 0 Å². The first-order valence-electron chi connectivity index (χ1n) is 9.68. The van der Waals surface area contributed by atoms with Gasteiger partial charge in [0.2, 0.25) is 5.91 Å². The van der Waals surface area contributed by atoms with Crippen molar-refractivity contribution < 1.29 is 4.79 Å². The summed E-state index contributed by atoms with van der Waals surface area (Å²) in [7, 11) is 0. The Morgan fingerprint density at radius 1 is 1.31 bits per heavy atom. The third-order valence-electron chi connectivity index (χ3n) is 5.01. The highest BCUT2D eigenvalue weighted by Gasteiger charge is 2.36. The summed E-state index contributed by atoms with van der Waals surface area (Å²) in [5.41, 5.74) is 1.66. The van der Waals surface area contributed by atoms with E-state index in [-0.39, 0.29) is 5.91 Å². The standard InChI is InChI=1S/C20H20ClN5OS2/c1-12(27)25(17-4-2-3-14(21)9-17)19-22-15(10-28-19)11-29-20-24-23-18(13-5-6-13)26(20)16-7-8-16/h2-4,9-10,13,16H,5-8,11H2,1H3. The van der Waals surface area contributed by atoms with E-state index in [1.165, 1.54) is 43.9 Å². The van der Waals surface area contributed by atoms with Crippen molar-refractivity contribution in [3.8, 4) is 0 Å². The molecule has 0 aliphatic heterocycles. The fourth-order valence-electron chi connectivity index (χ4n) is 3.33. The van der Waals surface area contributed by atoms with E-state index >= 15 is 0 Å². The molecule has 2 aromatic heterocycles. The molecule has 0 saturated heterocycles. The van der Waals surface area contributed by atoms with Gasteiger partial charge in [0.05, 0.1) is 11.4 Å². The largest absolute Gasteiger partial charge is 0.303 e. The van der Waals surface area contributed by atoms with Crippen molar-refractivity contribution in [2.75, 3.05) is 4.90 Å². The summed E-state index contributed by atoms with van der Waals surface area (Å²) in [5, 5.41) is 13.1. The molecule has 9 heteroatoms. The fraction of sp³-hybridized carbons (Fsp3) is 0.400. The van der Waals surface area contributed by atoms with E-state index in [4.69, 9.17) is 16.6 Å². The Balaban J connectivity index is 1.33. The van der Waals surface area contributed by atoms with Gasteiger partial charge in [-0.1, -0.05) is 29.4 Å². The minimum Gasteiger partial charge on any atom is -0.303 e. The van der Waals surface area contributed by atoms with Crippen LogP contribution in [0.15, 0.2) is 34.8 Å². The predicted molar refractivity (Wildman–Crippen MR) is 116 cm³/mol. The maximum Gasteiger partial charge on any atom is 0.230 e. The van der Waals surface area contributed by atoms with Gasteiger partial charge in [0, 0.05) is 35.0 Å².